The second-order valence-electron chi connectivity index (χ2n) is 3.47. The Kier molecular flexibility index (Phi) is 2.57. The number of fused-ring (bicyclic) bond motifs is 1. The van der Waals surface area contributed by atoms with Crippen molar-refractivity contribution >= 4 is 28.5 Å². The molecular weight excluding hydrogens is 230 g/mol. The molecule has 0 radical (unpaired) electrons. The van der Waals surface area contributed by atoms with Gasteiger partial charge in [-0.05, 0) is 11.6 Å². The summed E-state index contributed by atoms with van der Waals surface area (Å²) in [7, 11) is 1.74. The van der Waals surface area contributed by atoms with E-state index in [0.29, 0.717) is 10.9 Å². The first-order chi connectivity index (χ1) is 7.52. The highest BCUT2D eigenvalue weighted by Gasteiger charge is 2.20. The van der Waals surface area contributed by atoms with Gasteiger partial charge in [0.1, 0.15) is 6.04 Å². The number of carbonyl (C=O) groups is 1. The van der Waals surface area contributed by atoms with E-state index >= 15 is 0 Å². The van der Waals surface area contributed by atoms with Gasteiger partial charge >= 0.3 is 5.97 Å². The predicted octanol–water partition coefficient (Wildman–Crippen LogP) is 1.31. The molecule has 0 aliphatic rings. The lowest BCUT2D eigenvalue weighted by Gasteiger charge is -2.08. The molecule has 1 atom stereocenters. The van der Waals surface area contributed by atoms with Gasteiger partial charge in [-0.3, -0.25) is 9.48 Å². The maximum absolute atomic E-state index is 10.9. The van der Waals surface area contributed by atoms with Crippen LogP contribution in [0.25, 0.3) is 10.9 Å². The first-order valence-corrected chi connectivity index (χ1v) is 4.99. The van der Waals surface area contributed by atoms with E-state index < -0.39 is 12.0 Å². The maximum atomic E-state index is 10.9. The summed E-state index contributed by atoms with van der Waals surface area (Å²) in [4.78, 5) is 10.9. The molecule has 0 saturated carbocycles. The number of aromatic nitrogens is 2. The van der Waals surface area contributed by atoms with Gasteiger partial charge in [-0.1, -0.05) is 23.7 Å². The normalized spacial score (nSPS) is 12.9. The van der Waals surface area contributed by atoms with Gasteiger partial charge in [-0.25, -0.2) is 0 Å². The third-order valence-corrected chi connectivity index (χ3v) is 2.73. The Morgan fingerprint density at radius 1 is 1.62 bits per heavy atom. The van der Waals surface area contributed by atoms with Gasteiger partial charge in [0.05, 0.1) is 5.52 Å². The van der Waals surface area contributed by atoms with E-state index in [1.807, 2.05) is 6.07 Å². The van der Waals surface area contributed by atoms with Crippen molar-refractivity contribution in [3.05, 3.63) is 28.9 Å². The Bertz CT molecular complexity index is 564. The Morgan fingerprint density at radius 3 is 2.94 bits per heavy atom. The summed E-state index contributed by atoms with van der Waals surface area (Å²) < 4.78 is 1.59. The van der Waals surface area contributed by atoms with Gasteiger partial charge < -0.3 is 10.8 Å². The van der Waals surface area contributed by atoms with E-state index in [9.17, 15) is 4.79 Å². The number of carboxylic acids is 1. The van der Waals surface area contributed by atoms with E-state index in [-0.39, 0.29) is 5.15 Å². The average Bonchev–Trinajstić information content (AvgIpc) is 2.54. The zero-order valence-corrected chi connectivity index (χ0v) is 9.27. The topological polar surface area (TPSA) is 81.1 Å². The van der Waals surface area contributed by atoms with Crippen molar-refractivity contribution in [3.8, 4) is 0 Å². The third kappa shape index (κ3) is 1.54. The van der Waals surface area contributed by atoms with Crippen LogP contribution < -0.4 is 5.73 Å². The number of aliphatic carboxylic acids is 1. The zero-order valence-electron chi connectivity index (χ0n) is 8.51. The first kappa shape index (κ1) is 10.9. The van der Waals surface area contributed by atoms with E-state index in [1.165, 1.54) is 0 Å². The molecule has 3 N–H and O–H groups in total. The fraction of sp³-hybridized carbons (Fsp3) is 0.200. The first-order valence-electron chi connectivity index (χ1n) is 4.62. The number of hydrogen-bond acceptors (Lipinski definition) is 3. The standard InChI is InChI=1S/C10H10ClN3O2/c1-14-6-4-2-3-5(8(12)10(15)16)7(6)9(11)13-14/h2-4,8H,12H2,1H3,(H,15,16). The van der Waals surface area contributed by atoms with Gasteiger partial charge in [0, 0.05) is 12.4 Å². The molecule has 1 aromatic heterocycles. The summed E-state index contributed by atoms with van der Waals surface area (Å²) >= 11 is 5.95. The number of nitrogens with two attached hydrogens (primary N) is 1. The van der Waals surface area contributed by atoms with Crippen molar-refractivity contribution in [3.63, 3.8) is 0 Å². The molecule has 2 aromatic rings. The SMILES string of the molecule is Cn1nc(Cl)c2c(C(N)C(=O)O)cccc21. The number of benzene rings is 1. The smallest absolute Gasteiger partial charge is 0.325 e. The molecule has 0 amide bonds. The summed E-state index contributed by atoms with van der Waals surface area (Å²) in [5, 5.41) is 13.8. The third-order valence-electron chi connectivity index (χ3n) is 2.47. The summed E-state index contributed by atoms with van der Waals surface area (Å²) in [5.74, 6) is -1.09. The van der Waals surface area contributed by atoms with Crippen molar-refractivity contribution < 1.29 is 9.90 Å². The molecule has 2 rings (SSSR count). The molecule has 5 nitrogen and oxygen atoms in total. The van der Waals surface area contributed by atoms with E-state index in [0.717, 1.165) is 5.52 Å². The number of nitrogens with zero attached hydrogens (tertiary/aromatic N) is 2. The van der Waals surface area contributed by atoms with Gasteiger partial charge in [0.2, 0.25) is 0 Å². The molecule has 1 aromatic carbocycles. The number of halogens is 1. The molecule has 0 fully saturated rings. The van der Waals surface area contributed by atoms with Crippen LogP contribution in [0.5, 0.6) is 0 Å². The minimum Gasteiger partial charge on any atom is -0.480 e. The van der Waals surface area contributed by atoms with Crippen molar-refractivity contribution in [1.82, 2.24) is 9.78 Å². The van der Waals surface area contributed by atoms with Crippen LogP contribution in [0, 0.1) is 0 Å². The highest BCUT2D eigenvalue weighted by Crippen LogP contribution is 2.29. The number of rotatable bonds is 2. The van der Waals surface area contributed by atoms with E-state index in [1.54, 1.807) is 23.9 Å². The number of hydrogen-bond donors (Lipinski definition) is 2. The van der Waals surface area contributed by atoms with Crippen molar-refractivity contribution in [1.29, 1.82) is 0 Å². The van der Waals surface area contributed by atoms with Crippen molar-refractivity contribution in [2.45, 2.75) is 6.04 Å². The summed E-state index contributed by atoms with van der Waals surface area (Å²) in [5.41, 5.74) is 6.83. The Labute approximate surface area is 96.4 Å². The average molecular weight is 240 g/mol. The Morgan fingerprint density at radius 2 is 2.31 bits per heavy atom. The molecule has 0 saturated heterocycles. The van der Waals surface area contributed by atoms with E-state index in [2.05, 4.69) is 5.10 Å². The molecular formula is C10H10ClN3O2. The molecule has 1 unspecified atom stereocenters. The maximum Gasteiger partial charge on any atom is 0.325 e. The zero-order chi connectivity index (χ0) is 11.9. The summed E-state index contributed by atoms with van der Waals surface area (Å²) in [6, 6.07) is 4.10. The van der Waals surface area contributed by atoms with Crippen LogP contribution in [0.4, 0.5) is 0 Å². The lowest BCUT2D eigenvalue weighted by atomic mass is 10.0. The largest absolute Gasteiger partial charge is 0.480 e. The fourth-order valence-corrected chi connectivity index (χ4v) is 2.00. The van der Waals surface area contributed by atoms with Crippen LogP contribution in [0.2, 0.25) is 5.15 Å². The molecule has 0 aliphatic carbocycles. The van der Waals surface area contributed by atoms with Gasteiger partial charge in [-0.2, -0.15) is 5.10 Å². The monoisotopic (exact) mass is 239 g/mol. The van der Waals surface area contributed by atoms with E-state index in [4.69, 9.17) is 22.4 Å². The Balaban J connectivity index is 2.75. The van der Waals surface area contributed by atoms with Gasteiger partial charge in [0.15, 0.2) is 5.15 Å². The quantitative estimate of drug-likeness (QED) is 0.828. The predicted molar refractivity (Wildman–Crippen MR) is 60.3 cm³/mol. The van der Waals surface area contributed by atoms with Crippen LogP contribution >= 0.6 is 11.6 Å². The second-order valence-corrected chi connectivity index (χ2v) is 3.83. The lowest BCUT2D eigenvalue weighted by Crippen LogP contribution is -2.20. The molecule has 0 bridgehead atoms. The highest BCUT2D eigenvalue weighted by atomic mass is 35.5. The molecule has 84 valence electrons. The van der Waals surface area contributed by atoms with Crippen LogP contribution in [0.1, 0.15) is 11.6 Å². The highest BCUT2D eigenvalue weighted by molar-refractivity contribution is 6.34. The molecule has 1 heterocycles. The molecule has 0 spiro atoms. The number of carboxylic acid groups (broad SMARTS) is 1. The Hall–Kier alpha value is -1.59. The molecule has 16 heavy (non-hydrogen) atoms. The lowest BCUT2D eigenvalue weighted by molar-refractivity contribution is -0.138. The van der Waals surface area contributed by atoms with Crippen LogP contribution in [0.3, 0.4) is 0 Å². The fourth-order valence-electron chi connectivity index (χ4n) is 1.68. The summed E-state index contributed by atoms with van der Waals surface area (Å²) in [6.45, 7) is 0. The van der Waals surface area contributed by atoms with Crippen LogP contribution in [-0.2, 0) is 11.8 Å². The number of aryl methyl sites for hydroxylation is 1. The summed E-state index contributed by atoms with van der Waals surface area (Å²) in [6.07, 6.45) is 0. The van der Waals surface area contributed by atoms with Crippen LogP contribution in [-0.4, -0.2) is 20.9 Å². The molecule has 0 aliphatic heterocycles. The molecule has 6 heteroatoms. The minimum absolute atomic E-state index is 0.268. The van der Waals surface area contributed by atoms with Crippen molar-refractivity contribution in [2.75, 3.05) is 0 Å². The van der Waals surface area contributed by atoms with Crippen molar-refractivity contribution in [2.24, 2.45) is 12.8 Å². The van der Waals surface area contributed by atoms with Gasteiger partial charge in [-0.15, -0.1) is 0 Å². The second kappa shape index (κ2) is 3.77. The van der Waals surface area contributed by atoms with Gasteiger partial charge in [0.25, 0.3) is 0 Å². The minimum atomic E-state index is -1.09. The van der Waals surface area contributed by atoms with Crippen LogP contribution in [0.15, 0.2) is 18.2 Å².